The number of carbonyl (C=O) groups is 3. The third-order valence-electron chi connectivity index (χ3n) is 3.91. The SMILES string of the molecule is CN(C(=O)O)c1nc(NCCCCCC(=O)O)nc(NCCCCCC(=O)O)n1. The summed E-state index contributed by atoms with van der Waals surface area (Å²) in [6, 6.07) is 0. The fraction of sp³-hybridized carbons (Fsp3) is 0.647. The minimum absolute atomic E-state index is 0.0331. The second-order valence-corrected chi connectivity index (χ2v) is 6.39. The van der Waals surface area contributed by atoms with Gasteiger partial charge in [0.25, 0.3) is 0 Å². The number of rotatable bonds is 15. The molecule has 1 amide bonds. The van der Waals surface area contributed by atoms with Gasteiger partial charge in [-0.3, -0.25) is 9.59 Å². The Balaban J connectivity index is 2.59. The minimum Gasteiger partial charge on any atom is -0.481 e. The van der Waals surface area contributed by atoms with Crippen LogP contribution in [0.4, 0.5) is 22.6 Å². The number of carboxylic acid groups (broad SMARTS) is 3. The highest BCUT2D eigenvalue weighted by atomic mass is 16.4. The normalized spacial score (nSPS) is 10.4. The Morgan fingerprint density at radius 2 is 1.21 bits per heavy atom. The topological polar surface area (TPSA) is 178 Å². The Morgan fingerprint density at radius 3 is 1.59 bits per heavy atom. The van der Waals surface area contributed by atoms with Crippen LogP contribution in [0.15, 0.2) is 0 Å². The summed E-state index contributed by atoms with van der Waals surface area (Å²) in [6.45, 7) is 1.02. The molecule has 1 aromatic heterocycles. The maximum Gasteiger partial charge on any atom is 0.413 e. The van der Waals surface area contributed by atoms with Gasteiger partial charge < -0.3 is 26.0 Å². The molecule has 0 atom stereocenters. The van der Waals surface area contributed by atoms with Gasteiger partial charge in [-0.25, -0.2) is 9.69 Å². The molecule has 0 aliphatic rings. The molecule has 1 aromatic rings. The van der Waals surface area contributed by atoms with Gasteiger partial charge >= 0.3 is 18.0 Å². The van der Waals surface area contributed by atoms with Gasteiger partial charge in [0.1, 0.15) is 0 Å². The fourth-order valence-electron chi connectivity index (χ4n) is 2.31. The second-order valence-electron chi connectivity index (χ2n) is 6.39. The monoisotopic (exact) mass is 412 g/mol. The van der Waals surface area contributed by atoms with Crippen molar-refractivity contribution in [2.24, 2.45) is 0 Å². The standard InChI is InChI=1S/C17H28N6O6/c1-23(17(28)29)16-21-14(18-10-6-2-4-8-12(24)25)20-15(22-16)19-11-7-3-5-9-13(26)27/h2-11H2,1H3,(H,24,25)(H,26,27)(H,28,29)(H2,18,19,20,21,22). The van der Waals surface area contributed by atoms with E-state index in [0.29, 0.717) is 25.9 Å². The van der Waals surface area contributed by atoms with Crippen molar-refractivity contribution in [1.29, 1.82) is 0 Å². The lowest BCUT2D eigenvalue weighted by Crippen LogP contribution is -2.27. The average molecular weight is 412 g/mol. The van der Waals surface area contributed by atoms with Crippen LogP contribution in [0.25, 0.3) is 0 Å². The van der Waals surface area contributed by atoms with Crippen LogP contribution in [0.1, 0.15) is 51.4 Å². The average Bonchev–Trinajstić information content (AvgIpc) is 2.66. The Morgan fingerprint density at radius 1 is 0.759 bits per heavy atom. The molecule has 0 radical (unpaired) electrons. The van der Waals surface area contributed by atoms with Gasteiger partial charge in [0.15, 0.2) is 0 Å². The summed E-state index contributed by atoms with van der Waals surface area (Å²) in [4.78, 5) is 45.4. The lowest BCUT2D eigenvalue weighted by Gasteiger charge is -2.14. The summed E-state index contributed by atoms with van der Waals surface area (Å²) < 4.78 is 0. The molecule has 29 heavy (non-hydrogen) atoms. The van der Waals surface area contributed by atoms with E-state index in [1.165, 1.54) is 7.05 Å². The molecule has 5 N–H and O–H groups in total. The predicted molar refractivity (Wildman–Crippen MR) is 105 cm³/mol. The van der Waals surface area contributed by atoms with Gasteiger partial charge in [0, 0.05) is 33.0 Å². The Labute approximate surface area is 168 Å². The van der Waals surface area contributed by atoms with E-state index in [1.807, 2.05) is 0 Å². The van der Waals surface area contributed by atoms with Crippen molar-refractivity contribution in [1.82, 2.24) is 15.0 Å². The number of anilines is 3. The number of aromatic nitrogens is 3. The summed E-state index contributed by atoms with van der Waals surface area (Å²) in [5, 5.41) is 32.4. The van der Waals surface area contributed by atoms with Crippen LogP contribution in [-0.4, -0.2) is 68.4 Å². The minimum atomic E-state index is -1.21. The number of amides is 1. The quantitative estimate of drug-likeness (QED) is 0.266. The van der Waals surface area contributed by atoms with E-state index in [1.54, 1.807) is 0 Å². The van der Waals surface area contributed by atoms with E-state index >= 15 is 0 Å². The largest absolute Gasteiger partial charge is 0.481 e. The van der Waals surface area contributed by atoms with Gasteiger partial charge in [-0.1, -0.05) is 12.8 Å². The number of unbranched alkanes of at least 4 members (excludes halogenated alkanes) is 4. The van der Waals surface area contributed by atoms with Gasteiger partial charge in [-0.15, -0.1) is 0 Å². The molecule has 0 aliphatic heterocycles. The van der Waals surface area contributed by atoms with Crippen molar-refractivity contribution < 1.29 is 29.7 Å². The first-order chi connectivity index (χ1) is 13.8. The van der Waals surface area contributed by atoms with Gasteiger partial charge in [0.2, 0.25) is 17.8 Å². The highest BCUT2D eigenvalue weighted by Gasteiger charge is 2.15. The lowest BCUT2D eigenvalue weighted by atomic mass is 10.2. The predicted octanol–water partition coefficient (Wildman–Crippen LogP) is 2.10. The third kappa shape index (κ3) is 10.7. The van der Waals surface area contributed by atoms with Crippen LogP contribution < -0.4 is 15.5 Å². The van der Waals surface area contributed by atoms with Crippen LogP contribution in [0.2, 0.25) is 0 Å². The Hall–Kier alpha value is -3.18. The van der Waals surface area contributed by atoms with Crippen molar-refractivity contribution in [3.8, 4) is 0 Å². The zero-order valence-corrected chi connectivity index (χ0v) is 16.4. The molecule has 0 aliphatic carbocycles. The summed E-state index contributed by atoms with van der Waals surface area (Å²) in [7, 11) is 1.32. The first-order valence-electron chi connectivity index (χ1n) is 9.43. The van der Waals surface area contributed by atoms with Crippen molar-refractivity contribution in [3.05, 3.63) is 0 Å². The van der Waals surface area contributed by atoms with Crippen LogP contribution in [0.5, 0.6) is 0 Å². The molecule has 1 rings (SSSR count). The smallest absolute Gasteiger partial charge is 0.413 e. The molecule has 162 valence electrons. The van der Waals surface area contributed by atoms with E-state index in [9.17, 15) is 14.4 Å². The van der Waals surface area contributed by atoms with Crippen LogP contribution >= 0.6 is 0 Å². The fourth-order valence-corrected chi connectivity index (χ4v) is 2.31. The molecule has 0 fully saturated rings. The number of aliphatic carboxylic acids is 2. The first kappa shape index (κ1) is 23.9. The van der Waals surface area contributed by atoms with E-state index < -0.39 is 18.0 Å². The number of nitrogens with zero attached hydrogens (tertiary/aromatic N) is 4. The maximum atomic E-state index is 11.2. The van der Waals surface area contributed by atoms with Gasteiger partial charge in [0.05, 0.1) is 0 Å². The molecule has 12 heteroatoms. The molecular formula is C17H28N6O6. The molecule has 0 spiro atoms. The second kappa shape index (κ2) is 13.1. The van der Waals surface area contributed by atoms with Crippen molar-refractivity contribution in [3.63, 3.8) is 0 Å². The molecule has 0 saturated carbocycles. The van der Waals surface area contributed by atoms with Crippen LogP contribution in [-0.2, 0) is 9.59 Å². The van der Waals surface area contributed by atoms with Gasteiger partial charge in [-0.05, 0) is 25.7 Å². The highest BCUT2D eigenvalue weighted by molar-refractivity contribution is 5.83. The first-order valence-corrected chi connectivity index (χ1v) is 9.43. The number of hydrogen-bond acceptors (Lipinski definition) is 8. The summed E-state index contributed by atoms with van der Waals surface area (Å²) >= 11 is 0. The molecule has 0 unspecified atom stereocenters. The van der Waals surface area contributed by atoms with Crippen molar-refractivity contribution >= 4 is 35.9 Å². The summed E-state index contributed by atoms with van der Waals surface area (Å²) in [5.41, 5.74) is 0. The molecule has 12 nitrogen and oxygen atoms in total. The summed E-state index contributed by atoms with van der Waals surface area (Å²) in [6.07, 6.45) is 3.09. The number of hydrogen-bond donors (Lipinski definition) is 5. The molecule has 0 saturated heterocycles. The third-order valence-corrected chi connectivity index (χ3v) is 3.91. The molecule has 0 aromatic carbocycles. The summed E-state index contributed by atoms with van der Waals surface area (Å²) in [5.74, 6) is -1.25. The molecule has 0 bridgehead atoms. The number of nitrogens with one attached hydrogen (secondary N) is 2. The van der Waals surface area contributed by atoms with Gasteiger partial charge in [-0.2, -0.15) is 15.0 Å². The lowest BCUT2D eigenvalue weighted by molar-refractivity contribution is -0.138. The van der Waals surface area contributed by atoms with Crippen molar-refractivity contribution in [2.75, 3.05) is 35.7 Å². The molecule has 1 heterocycles. The molecular weight excluding hydrogens is 384 g/mol. The zero-order chi connectivity index (χ0) is 21.6. The Bertz CT molecular complexity index is 642. The Kier molecular flexibility index (Phi) is 10.8. The van der Waals surface area contributed by atoms with Crippen molar-refractivity contribution in [2.45, 2.75) is 51.4 Å². The zero-order valence-electron chi connectivity index (χ0n) is 16.4. The van der Waals surface area contributed by atoms with Crippen LogP contribution in [0, 0.1) is 0 Å². The maximum absolute atomic E-state index is 11.2. The highest BCUT2D eigenvalue weighted by Crippen LogP contribution is 2.13. The van der Waals surface area contributed by atoms with E-state index in [-0.39, 0.29) is 30.7 Å². The number of carboxylic acids is 2. The van der Waals surface area contributed by atoms with Crippen LogP contribution in [0.3, 0.4) is 0 Å². The van der Waals surface area contributed by atoms with E-state index in [4.69, 9.17) is 15.3 Å². The van der Waals surface area contributed by atoms with E-state index in [0.717, 1.165) is 30.6 Å². The van der Waals surface area contributed by atoms with E-state index in [2.05, 4.69) is 25.6 Å².